The molecule has 34 heavy (non-hydrogen) atoms. The third-order valence-corrected chi connectivity index (χ3v) is 6.79. The van der Waals surface area contributed by atoms with Gasteiger partial charge in [0.05, 0.1) is 6.33 Å². The first-order valence-corrected chi connectivity index (χ1v) is 12.5. The van der Waals surface area contributed by atoms with Crippen molar-refractivity contribution in [1.29, 1.82) is 0 Å². The summed E-state index contributed by atoms with van der Waals surface area (Å²) in [5, 5.41) is 0. The van der Waals surface area contributed by atoms with Crippen LogP contribution in [0.3, 0.4) is 0 Å². The second kappa shape index (κ2) is 11.8. The van der Waals surface area contributed by atoms with Crippen LogP contribution < -0.4 is 4.74 Å². The lowest BCUT2D eigenvalue weighted by atomic mass is 10.0. The van der Waals surface area contributed by atoms with Crippen molar-refractivity contribution in [1.82, 2.24) is 19.4 Å². The number of likely N-dealkylation sites (tertiary alicyclic amines) is 1. The zero-order chi connectivity index (χ0) is 23.8. The molecule has 4 rings (SSSR count). The fourth-order valence-corrected chi connectivity index (χ4v) is 4.68. The Morgan fingerprint density at radius 1 is 1.06 bits per heavy atom. The molecule has 1 aliphatic heterocycles. The van der Waals surface area contributed by atoms with Gasteiger partial charge in [0.15, 0.2) is 0 Å². The van der Waals surface area contributed by atoms with Gasteiger partial charge in [0.1, 0.15) is 12.4 Å². The quantitative estimate of drug-likeness (QED) is 0.441. The number of hydrogen-bond acceptors (Lipinski definition) is 4. The normalized spacial score (nSPS) is 14.8. The van der Waals surface area contributed by atoms with Crippen molar-refractivity contribution in [2.75, 3.05) is 39.3 Å². The average Bonchev–Trinajstić information content (AvgIpc) is 3.42. The van der Waals surface area contributed by atoms with Crippen LogP contribution in [0.5, 0.6) is 5.75 Å². The Morgan fingerprint density at radius 3 is 2.47 bits per heavy atom. The smallest absolute Gasteiger partial charge is 0.253 e. The SMILES string of the molecule is CCN(CC)C(=O)c1ccc(Cc2ccccc2OCCN2CCC(n3ccnc3)CC2)cc1. The molecule has 0 unspecified atom stereocenters. The van der Waals surface area contributed by atoms with Gasteiger partial charge in [0.25, 0.3) is 5.91 Å². The molecule has 0 aliphatic carbocycles. The average molecular weight is 461 g/mol. The number of aromatic nitrogens is 2. The zero-order valence-electron chi connectivity index (χ0n) is 20.4. The minimum absolute atomic E-state index is 0.0920. The van der Waals surface area contributed by atoms with Gasteiger partial charge in [-0.1, -0.05) is 30.3 Å². The first kappa shape index (κ1) is 24.0. The summed E-state index contributed by atoms with van der Waals surface area (Å²) in [5.74, 6) is 1.04. The number of piperidine rings is 1. The van der Waals surface area contributed by atoms with Crippen molar-refractivity contribution >= 4 is 5.91 Å². The Hall–Kier alpha value is -3.12. The number of benzene rings is 2. The molecule has 1 aliphatic rings. The van der Waals surface area contributed by atoms with Crippen molar-refractivity contribution in [2.24, 2.45) is 0 Å². The molecular formula is C28H36N4O2. The lowest BCUT2D eigenvalue weighted by molar-refractivity contribution is 0.0773. The maximum Gasteiger partial charge on any atom is 0.253 e. The summed E-state index contributed by atoms with van der Waals surface area (Å²) in [6, 6.07) is 16.8. The molecule has 0 spiro atoms. The summed E-state index contributed by atoms with van der Waals surface area (Å²) in [6.07, 6.45) is 8.94. The van der Waals surface area contributed by atoms with Gasteiger partial charge in [-0.25, -0.2) is 4.98 Å². The summed E-state index contributed by atoms with van der Waals surface area (Å²) < 4.78 is 8.45. The molecule has 2 heterocycles. The van der Waals surface area contributed by atoms with E-state index in [2.05, 4.69) is 51.0 Å². The van der Waals surface area contributed by atoms with Gasteiger partial charge < -0.3 is 14.2 Å². The first-order chi connectivity index (χ1) is 16.7. The number of ether oxygens (including phenoxy) is 1. The summed E-state index contributed by atoms with van der Waals surface area (Å²) >= 11 is 0. The number of rotatable bonds is 10. The van der Waals surface area contributed by atoms with E-state index in [4.69, 9.17) is 4.74 Å². The molecule has 0 radical (unpaired) electrons. The molecule has 6 nitrogen and oxygen atoms in total. The minimum Gasteiger partial charge on any atom is -0.492 e. The highest BCUT2D eigenvalue weighted by Gasteiger charge is 2.20. The molecule has 0 N–H and O–H groups in total. The topological polar surface area (TPSA) is 50.6 Å². The van der Waals surface area contributed by atoms with E-state index in [1.54, 1.807) is 0 Å². The van der Waals surface area contributed by atoms with Crippen LogP contribution in [0.4, 0.5) is 0 Å². The predicted molar refractivity (Wildman–Crippen MR) is 135 cm³/mol. The van der Waals surface area contributed by atoms with Gasteiger partial charge in [0, 0.05) is 63.1 Å². The van der Waals surface area contributed by atoms with Gasteiger partial charge in [0.2, 0.25) is 0 Å². The standard InChI is InChI=1S/C28H36N4O2/c1-3-31(4-2)28(33)24-11-9-23(10-12-24)21-25-7-5-6-8-27(25)34-20-19-30-16-13-26(14-17-30)32-18-15-29-22-32/h5-12,15,18,22,26H,3-4,13-14,16-17,19-21H2,1-2H3. The maximum absolute atomic E-state index is 12.6. The van der Waals surface area contributed by atoms with E-state index in [0.717, 1.165) is 63.3 Å². The van der Waals surface area contributed by atoms with Crippen molar-refractivity contribution in [3.63, 3.8) is 0 Å². The number of carbonyl (C=O) groups excluding carboxylic acids is 1. The van der Waals surface area contributed by atoms with E-state index in [0.29, 0.717) is 12.6 Å². The third-order valence-electron chi connectivity index (χ3n) is 6.79. The van der Waals surface area contributed by atoms with Crippen LogP contribution in [0, 0.1) is 0 Å². The van der Waals surface area contributed by atoms with E-state index in [-0.39, 0.29) is 5.91 Å². The van der Waals surface area contributed by atoms with E-state index in [9.17, 15) is 4.79 Å². The van der Waals surface area contributed by atoms with Gasteiger partial charge in [-0.3, -0.25) is 9.69 Å². The summed E-state index contributed by atoms with van der Waals surface area (Å²) in [5.41, 5.74) is 3.09. The van der Waals surface area contributed by atoms with Crippen molar-refractivity contribution in [2.45, 2.75) is 39.2 Å². The molecule has 180 valence electrons. The molecule has 1 amide bonds. The minimum atomic E-state index is 0.0920. The van der Waals surface area contributed by atoms with Gasteiger partial charge in [-0.05, 0) is 56.0 Å². The molecule has 0 bridgehead atoms. The summed E-state index contributed by atoms with van der Waals surface area (Å²) in [6.45, 7) is 9.28. The lowest BCUT2D eigenvalue weighted by Gasteiger charge is -2.32. The fraction of sp³-hybridized carbons (Fsp3) is 0.429. The summed E-state index contributed by atoms with van der Waals surface area (Å²) in [7, 11) is 0. The molecule has 0 atom stereocenters. The second-order valence-corrected chi connectivity index (χ2v) is 8.89. The van der Waals surface area contributed by atoms with Crippen LogP contribution in [-0.2, 0) is 6.42 Å². The van der Waals surface area contributed by atoms with Crippen LogP contribution in [-0.4, -0.2) is 64.6 Å². The molecule has 2 aromatic carbocycles. The van der Waals surface area contributed by atoms with Crippen molar-refractivity contribution in [3.05, 3.63) is 83.9 Å². The van der Waals surface area contributed by atoms with Crippen LogP contribution in [0.2, 0.25) is 0 Å². The van der Waals surface area contributed by atoms with Gasteiger partial charge in [-0.15, -0.1) is 0 Å². The number of para-hydroxylation sites is 1. The number of carbonyl (C=O) groups is 1. The second-order valence-electron chi connectivity index (χ2n) is 8.89. The number of imidazole rings is 1. The molecule has 3 aromatic rings. The van der Waals surface area contributed by atoms with Crippen molar-refractivity contribution < 1.29 is 9.53 Å². The summed E-state index contributed by atoms with van der Waals surface area (Å²) in [4.78, 5) is 21.1. The van der Waals surface area contributed by atoms with E-state index in [1.807, 2.05) is 49.5 Å². The first-order valence-electron chi connectivity index (χ1n) is 12.5. The Balaban J connectivity index is 1.28. The fourth-order valence-electron chi connectivity index (χ4n) is 4.68. The van der Waals surface area contributed by atoms with Crippen LogP contribution in [0.15, 0.2) is 67.3 Å². The Bertz CT molecular complexity index is 1020. The number of nitrogens with zero attached hydrogens (tertiary/aromatic N) is 4. The van der Waals surface area contributed by atoms with E-state index < -0.39 is 0 Å². The number of amides is 1. The van der Waals surface area contributed by atoms with Crippen LogP contribution >= 0.6 is 0 Å². The van der Waals surface area contributed by atoms with Gasteiger partial charge >= 0.3 is 0 Å². The van der Waals surface area contributed by atoms with Crippen LogP contribution in [0.1, 0.15) is 54.2 Å². The van der Waals surface area contributed by atoms with Crippen LogP contribution in [0.25, 0.3) is 0 Å². The number of hydrogen-bond donors (Lipinski definition) is 0. The highest BCUT2D eigenvalue weighted by molar-refractivity contribution is 5.94. The maximum atomic E-state index is 12.6. The Kier molecular flexibility index (Phi) is 8.36. The Morgan fingerprint density at radius 2 is 1.79 bits per heavy atom. The van der Waals surface area contributed by atoms with E-state index >= 15 is 0 Å². The lowest BCUT2D eigenvalue weighted by Crippen LogP contribution is -2.37. The highest BCUT2D eigenvalue weighted by Crippen LogP contribution is 2.24. The molecule has 0 saturated carbocycles. The molecular weight excluding hydrogens is 424 g/mol. The van der Waals surface area contributed by atoms with Crippen molar-refractivity contribution in [3.8, 4) is 5.75 Å². The monoisotopic (exact) mass is 460 g/mol. The highest BCUT2D eigenvalue weighted by atomic mass is 16.5. The predicted octanol–water partition coefficient (Wildman–Crippen LogP) is 4.67. The molecule has 1 saturated heterocycles. The zero-order valence-corrected chi connectivity index (χ0v) is 20.4. The molecule has 1 aromatic heterocycles. The largest absolute Gasteiger partial charge is 0.492 e. The van der Waals surface area contributed by atoms with E-state index in [1.165, 1.54) is 11.1 Å². The molecule has 6 heteroatoms. The Labute approximate surface area is 203 Å². The molecule has 1 fully saturated rings. The third kappa shape index (κ3) is 6.06. The van der Waals surface area contributed by atoms with Gasteiger partial charge in [-0.2, -0.15) is 0 Å².